The average molecular weight is 481 g/mol. The van der Waals surface area contributed by atoms with Gasteiger partial charge in [-0.25, -0.2) is 9.19 Å². The third kappa shape index (κ3) is 4.53. The minimum atomic E-state index is -2.36. The highest BCUT2D eigenvalue weighted by molar-refractivity contribution is 7.80. The van der Waals surface area contributed by atoms with Gasteiger partial charge in [-0.2, -0.15) is 0 Å². The van der Waals surface area contributed by atoms with Crippen LogP contribution in [-0.4, -0.2) is 45.9 Å². The molecule has 34 heavy (non-hydrogen) atoms. The van der Waals surface area contributed by atoms with E-state index in [0.29, 0.717) is 22.2 Å². The maximum absolute atomic E-state index is 11.4. The van der Waals surface area contributed by atoms with Crippen LogP contribution in [0.4, 0.5) is 5.69 Å². The number of H-pyrrole nitrogens is 1. The van der Waals surface area contributed by atoms with Crippen molar-refractivity contribution in [3.63, 3.8) is 0 Å². The molecule has 1 unspecified atom stereocenters. The zero-order valence-electron chi connectivity index (χ0n) is 17.4. The van der Waals surface area contributed by atoms with Crippen LogP contribution in [0, 0.1) is 5.41 Å². The zero-order chi connectivity index (χ0) is 24.6. The lowest BCUT2D eigenvalue weighted by molar-refractivity contribution is -0.136. The molecule has 174 valence electrons. The smallest absolute Gasteiger partial charge is 0.307 e. The Kier molecular flexibility index (Phi) is 5.92. The molecule has 0 fully saturated rings. The molecule has 0 saturated carbocycles. The number of benzene rings is 3. The summed E-state index contributed by atoms with van der Waals surface area (Å²) >= 11 is -2.36. The molecule has 0 aliphatic rings. The molecule has 0 spiro atoms. The molecule has 1 heterocycles. The van der Waals surface area contributed by atoms with E-state index in [1.165, 1.54) is 30.3 Å². The normalized spacial score (nSPS) is 11.9. The predicted molar refractivity (Wildman–Crippen MR) is 127 cm³/mol. The first kappa shape index (κ1) is 22.8. The van der Waals surface area contributed by atoms with Crippen molar-refractivity contribution in [2.24, 2.45) is 5.73 Å². The molecule has 1 aromatic heterocycles. The minimum absolute atomic E-state index is 0.100. The summed E-state index contributed by atoms with van der Waals surface area (Å²) in [5.41, 5.74) is 8.00. The summed E-state index contributed by atoms with van der Waals surface area (Å²) in [6.07, 6.45) is -0.367. The molecule has 1 atom stereocenters. The fourth-order valence-corrected chi connectivity index (χ4v) is 3.91. The molecule has 11 nitrogen and oxygen atoms in total. The summed E-state index contributed by atoms with van der Waals surface area (Å²) < 4.78 is 22.5. The number of rotatable bonds is 7. The Labute approximate surface area is 194 Å². The van der Waals surface area contributed by atoms with Gasteiger partial charge in [-0.3, -0.25) is 19.5 Å². The maximum atomic E-state index is 11.4. The Morgan fingerprint density at radius 2 is 1.82 bits per heavy atom. The number of phenols is 2. The van der Waals surface area contributed by atoms with Crippen LogP contribution in [0.2, 0.25) is 0 Å². The van der Waals surface area contributed by atoms with Gasteiger partial charge in [0.15, 0.2) is 0 Å². The van der Waals surface area contributed by atoms with E-state index < -0.39 is 17.2 Å². The van der Waals surface area contributed by atoms with Gasteiger partial charge in [0.25, 0.3) is 11.3 Å². The van der Waals surface area contributed by atoms with Crippen molar-refractivity contribution in [2.75, 3.05) is 4.72 Å². The number of carboxylic acids is 1. The quantitative estimate of drug-likeness (QED) is 0.0850. The summed E-state index contributed by atoms with van der Waals surface area (Å²) in [6, 6.07) is 11.8. The molecule has 0 aliphatic carbocycles. The van der Waals surface area contributed by atoms with Crippen molar-refractivity contribution in [3.05, 3.63) is 59.7 Å². The Bertz CT molecular complexity index is 1480. The van der Waals surface area contributed by atoms with Gasteiger partial charge in [0, 0.05) is 22.4 Å². The fraction of sp³-hybridized carbons (Fsp3) is 0.0455. The van der Waals surface area contributed by atoms with Gasteiger partial charge in [-0.15, -0.1) is 0 Å². The number of phenolic OH excluding ortho intramolecular Hbond substituents is 2. The summed E-state index contributed by atoms with van der Waals surface area (Å²) in [7, 11) is 0. The van der Waals surface area contributed by atoms with Gasteiger partial charge in [0.05, 0.1) is 23.0 Å². The molecule has 3 aromatic carbocycles. The van der Waals surface area contributed by atoms with Crippen LogP contribution in [-0.2, 0) is 22.5 Å². The molecule has 0 aliphatic heterocycles. The number of anilines is 1. The van der Waals surface area contributed by atoms with Crippen molar-refractivity contribution >= 4 is 39.8 Å². The lowest BCUT2D eigenvalue weighted by atomic mass is 9.95. The number of carbonyl (C=O) groups is 1. The van der Waals surface area contributed by atoms with E-state index in [1.807, 2.05) is 0 Å². The molecule has 4 rings (SSSR count). The highest BCUT2D eigenvalue weighted by atomic mass is 32.2. The second-order valence-electron chi connectivity index (χ2n) is 7.42. The van der Waals surface area contributed by atoms with Crippen LogP contribution in [0.3, 0.4) is 0 Å². The summed E-state index contributed by atoms with van der Waals surface area (Å²) in [6.45, 7) is 0. The summed E-state index contributed by atoms with van der Waals surface area (Å²) in [5, 5.41) is 38.5. The van der Waals surface area contributed by atoms with E-state index in [-0.39, 0.29) is 52.0 Å². The lowest BCUT2D eigenvalue weighted by Gasteiger charge is -2.14. The van der Waals surface area contributed by atoms with E-state index in [2.05, 4.69) is 14.7 Å². The van der Waals surface area contributed by atoms with Gasteiger partial charge in [0.2, 0.25) is 0 Å². The van der Waals surface area contributed by atoms with Gasteiger partial charge in [-0.1, -0.05) is 0 Å². The number of nitrogens with one attached hydrogen (secondary N) is 3. The molecule has 4 aromatic rings. The number of amidine groups is 1. The number of aromatic amines is 1. The summed E-state index contributed by atoms with van der Waals surface area (Å²) in [4.78, 5) is 18.9. The standard InChI is InChI=1S/C22H19N5O6S/c23-21(24)11-1-3-16-17(8-11)26-22(25-16)15-6-10(7-19(29)30)5-14(20(15)31)13-9-12(27-34(32)33)2-4-18(13)28/h1-6,8-9,27-28,31H,7H2,(H3,23,24)(H,25,26)(H,29,30)(H,32,33). The number of aromatic nitrogens is 2. The number of fused-ring (bicyclic) bond motifs is 1. The second kappa shape index (κ2) is 8.84. The largest absolute Gasteiger partial charge is 0.507 e. The SMILES string of the molecule is N=C(N)c1ccc2nc(-c3cc(CC(=O)O)cc(-c4cc(NS(=O)O)ccc4O)c3O)[nH]c2c1. The topological polar surface area (TPSA) is 206 Å². The van der Waals surface area contributed by atoms with E-state index in [1.54, 1.807) is 18.2 Å². The van der Waals surface area contributed by atoms with Crippen molar-refractivity contribution in [1.29, 1.82) is 5.41 Å². The zero-order valence-corrected chi connectivity index (χ0v) is 18.2. The van der Waals surface area contributed by atoms with Gasteiger partial charge >= 0.3 is 5.97 Å². The lowest BCUT2D eigenvalue weighted by Crippen LogP contribution is -2.10. The number of carboxylic acid groups (broad SMARTS) is 1. The van der Waals surface area contributed by atoms with E-state index in [4.69, 9.17) is 15.7 Å². The van der Waals surface area contributed by atoms with Gasteiger partial charge in [0.1, 0.15) is 23.2 Å². The third-order valence-corrected chi connectivity index (χ3v) is 5.48. The molecule has 9 N–H and O–H groups in total. The van der Waals surface area contributed by atoms with Gasteiger partial charge in [-0.05, 0) is 54.1 Å². The number of aromatic hydroxyl groups is 2. The molecule has 0 radical (unpaired) electrons. The number of hydrogen-bond donors (Lipinski definition) is 8. The maximum Gasteiger partial charge on any atom is 0.307 e. The summed E-state index contributed by atoms with van der Waals surface area (Å²) in [5.74, 6) is -1.53. The van der Waals surface area contributed by atoms with Crippen molar-refractivity contribution < 1.29 is 28.9 Å². The molecule has 0 amide bonds. The molecular formula is C22H19N5O6S. The second-order valence-corrected chi connectivity index (χ2v) is 8.13. The Morgan fingerprint density at radius 3 is 2.50 bits per heavy atom. The van der Waals surface area contributed by atoms with Gasteiger partial charge < -0.3 is 26.0 Å². The van der Waals surface area contributed by atoms with Crippen LogP contribution in [0.15, 0.2) is 48.5 Å². The van der Waals surface area contributed by atoms with Crippen molar-refractivity contribution in [2.45, 2.75) is 6.42 Å². The fourth-order valence-electron chi connectivity index (χ4n) is 3.58. The molecule has 12 heteroatoms. The first-order valence-corrected chi connectivity index (χ1v) is 10.9. The molecular weight excluding hydrogens is 462 g/mol. The predicted octanol–water partition coefficient (Wildman–Crippen LogP) is 2.77. The van der Waals surface area contributed by atoms with E-state index in [9.17, 15) is 24.3 Å². The van der Waals surface area contributed by atoms with E-state index >= 15 is 0 Å². The number of imidazole rings is 1. The average Bonchev–Trinajstić information content (AvgIpc) is 3.18. The van der Waals surface area contributed by atoms with Crippen LogP contribution >= 0.6 is 0 Å². The first-order valence-electron chi connectivity index (χ1n) is 9.75. The monoisotopic (exact) mass is 481 g/mol. The number of hydrogen-bond acceptors (Lipinski definition) is 6. The van der Waals surface area contributed by atoms with Crippen LogP contribution in [0.1, 0.15) is 11.1 Å². The number of nitrogens with two attached hydrogens (primary N) is 1. The number of aliphatic carboxylic acids is 1. The highest BCUT2D eigenvalue weighted by Crippen LogP contribution is 2.43. The van der Waals surface area contributed by atoms with Crippen molar-refractivity contribution in [3.8, 4) is 34.0 Å². The van der Waals surface area contributed by atoms with Crippen molar-refractivity contribution in [1.82, 2.24) is 9.97 Å². The first-order chi connectivity index (χ1) is 16.1. The van der Waals surface area contributed by atoms with E-state index in [0.717, 1.165) is 0 Å². The Hall–Kier alpha value is -4.42. The Morgan fingerprint density at radius 1 is 1.09 bits per heavy atom. The number of nitrogens with zero attached hydrogens (tertiary/aromatic N) is 1. The van der Waals surface area contributed by atoms with Crippen LogP contribution in [0.5, 0.6) is 11.5 Å². The van der Waals surface area contributed by atoms with Crippen LogP contribution < -0.4 is 10.5 Å². The Balaban J connectivity index is 1.92. The molecule has 0 saturated heterocycles. The molecule has 0 bridgehead atoms. The highest BCUT2D eigenvalue weighted by Gasteiger charge is 2.20. The third-order valence-electron chi connectivity index (χ3n) is 5.06. The van der Waals surface area contributed by atoms with Crippen LogP contribution in [0.25, 0.3) is 33.5 Å². The minimum Gasteiger partial charge on any atom is -0.507 e. The number of nitrogen functional groups attached to an aromatic ring is 1.